The third-order valence-electron chi connectivity index (χ3n) is 6.34. The largest absolute Gasteiger partial charge is 0.507 e. The summed E-state index contributed by atoms with van der Waals surface area (Å²) in [5.74, 6) is 0.287. The van der Waals surface area contributed by atoms with Crippen LogP contribution in [0.3, 0.4) is 0 Å². The van der Waals surface area contributed by atoms with Crippen LogP contribution in [0.25, 0.3) is 5.76 Å². The van der Waals surface area contributed by atoms with E-state index in [2.05, 4.69) is 0 Å². The molecule has 2 aromatic rings. The summed E-state index contributed by atoms with van der Waals surface area (Å²) in [6.07, 6.45) is 1.30. The van der Waals surface area contributed by atoms with Crippen molar-refractivity contribution in [1.82, 2.24) is 4.90 Å². The number of hydrogen-bond donors (Lipinski definition) is 1. The average Bonchev–Trinajstić information content (AvgIpc) is 3.36. The second kappa shape index (κ2) is 11.0. The highest BCUT2D eigenvalue weighted by atomic mass is 16.5. The minimum atomic E-state index is -0.778. The lowest BCUT2D eigenvalue weighted by atomic mass is 9.94. The first-order chi connectivity index (χ1) is 17.4. The van der Waals surface area contributed by atoms with Crippen LogP contribution in [0.5, 0.6) is 17.2 Å². The van der Waals surface area contributed by atoms with E-state index in [0.29, 0.717) is 61.8 Å². The Labute approximate surface area is 211 Å². The highest BCUT2D eigenvalue weighted by molar-refractivity contribution is 6.46. The number of likely N-dealkylation sites (tertiary alicyclic amines) is 1. The number of rotatable bonds is 10. The van der Waals surface area contributed by atoms with Gasteiger partial charge in [0.05, 0.1) is 24.8 Å². The summed E-state index contributed by atoms with van der Waals surface area (Å²) >= 11 is 0. The number of ketones is 1. The van der Waals surface area contributed by atoms with E-state index in [9.17, 15) is 14.7 Å². The molecule has 36 heavy (non-hydrogen) atoms. The number of methoxy groups -OCH3 is 1. The van der Waals surface area contributed by atoms with Crippen molar-refractivity contribution in [3.8, 4) is 17.2 Å². The van der Waals surface area contributed by atoms with E-state index in [1.807, 2.05) is 26.8 Å². The second-order valence-electron chi connectivity index (χ2n) is 8.87. The Morgan fingerprint density at radius 2 is 1.83 bits per heavy atom. The zero-order valence-electron chi connectivity index (χ0n) is 21.2. The number of fused-ring (bicyclic) bond motifs is 1. The molecule has 0 aliphatic carbocycles. The summed E-state index contributed by atoms with van der Waals surface area (Å²) < 4.78 is 22.4. The maximum Gasteiger partial charge on any atom is 0.295 e. The van der Waals surface area contributed by atoms with Gasteiger partial charge in [-0.05, 0) is 68.7 Å². The minimum absolute atomic E-state index is 0.0459. The lowest BCUT2D eigenvalue weighted by Gasteiger charge is -2.26. The van der Waals surface area contributed by atoms with Gasteiger partial charge in [-0.2, -0.15) is 0 Å². The van der Waals surface area contributed by atoms with E-state index in [1.54, 1.807) is 37.4 Å². The molecule has 192 valence electrons. The smallest absolute Gasteiger partial charge is 0.295 e. The van der Waals surface area contributed by atoms with Crippen molar-refractivity contribution in [3.63, 3.8) is 0 Å². The first-order valence-electron chi connectivity index (χ1n) is 12.4. The third-order valence-corrected chi connectivity index (χ3v) is 6.34. The fourth-order valence-electron chi connectivity index (χ4n) is 4.80. The maximum absolute atomic E-state index is 13.3. The number of carbonyl (C=O) groups is 2. The molecule has 0 spiro atoms. The number of aliphatic hydroxyl groups excluding tert-OH is 1. The Hall–Kier alpha value is -3.52. The van der Waals surface area contributed by atoms with E-state index in [-0.39, 0.29) is 17.4 Å². The van der Waals surface area contributed by atoms with Gasteiger partial charge < -0.3 is 29.0 Å². The number of amides is 1. The fraction of sp³-hybridized carbons (Fsp3) is 0.429. The number of Topliss-reactive ketones (excluding diaryl/α,β-unsaturated/α-hetero) is 1. The Bertz CT molecular complexity index is 1170. The van der Waals surface area contributed by atoms with Crippen molar-refractivity contribution >= 4 is 17.4 Å². The highest BCUT2D eigenvalue weighted by Gasteiger charge is 2.46. The quantitative estimate of drug-likeness (QED) is 0.228. The van der Waals surface area contributed by atoms with Crippen molar-refractivity contribution in [2.75, 3.05) is 33.5 Å². The predicted octanol–water partition coefficient (Wildman–Crippen LogP) is 4.27. The Balaban J connectivity index is 1.82. The van der Waals surface area contributed by atoms with Crippen LogP contribution in [0.2, 0.25) is 0 Å². The molecule has 1 fully saturated rings. The van der Waals surface area contributed by atoms with E-state index >= 15 is 0 Å². The number of carbonyl (C=O) groups excluding carboxylic acids is 2. The molecule has 0 radical (unpaired) electrons. The summed E-state index contributed by atoms with van der Waals surface area (Å²) in [6, 6.07) is 9.91. The van der Waals surface area contributed by atoms with Crippen molar-refractivity contribution in [3.05, 3.63) is 58.7 Å². The molecule has 2 aromatic carbocycles. The molecule has 0 aromatic heterocycles. The molecular weight excluding hydrogens is 462 g/mol. The van der Waals surface area contributed by atoms with Crippen molar-refractivity contribution in [2.45, 2.75) is 45.8 Å². The van der Waals surface area contributed by atoms with Gasteiger partial charge in [0.25, 0.3) is 11.7 Å². The first-order valence-corrected chi connectivity index (χ1v) is 12.4. The number of nitrogens with zero attached hydrogens (tertiary/aromatic N) is 1. The van der Waals surface area contributed by atoms with Crippen LogP contribution in [-0.2, 0) is 20.7 Å². The van der Waals surface area contributed by atoms with Gasteiger partial charge in [-0.15, -0.1) is 0 Å². The highest BCUT2D eigenvalue weighted by Crippen LogP contribution is 2.43. The SMILES string of the molecule is CCOc1ccc([C@H]2/C(=C(\O)c3ccc4c(c3)C[C@H](C)O4)C(=O)C(=O)N2CCCOC)cc1OCC. The standard InChI is InChI=1S/C28H33NO7/c1-5-34-22-11-8-18(16-23(22)35-6-2)25-24(27(31)28(32)29(25)12-7-13-33-4)26(30)19-9-10-21-20(15-19)14-17(3)36-21/h8-11,15-17,25,30H,5-7,12-14H2,1-4H3/b26-24+/t17-,25-/m0/s1. The molecule has 0 saturated carbocycles. The van der Waals surface area contributed by atoms with Crippen LogP contribution in [-0.4, -0.2) is 61.3 Å². The monoisotopic (exact) mass is 495 g/mol. The van der Waals surface area contributed by atoms with E-state index in [1.165, 1.54) is 4.90 Å². The molecular formula is C28H33NO7. The van der Waals surface area contributed by atoms with Gasteiger partial charge in [0.1, 0.15) is 17.6 Å². The van der Waals surface area contributed by atoms with Gasteiger partial charge in [0.15, 0.2) is 11.5 Å². The van der Waals surface area contributed by atoms with Crippen molar-refractivity contribution in [2.24, 2.45) is 0 Å². The molecule has 2 atom stereocenters. The summed E-state index contributed by atoms with van der Waals surface area (Å²) in [7, 11) is 1.59. The summed E-state index contributed by atoms with van der Waals surface area (Å²) in [5, 5.41) is 11.4. The van der Waals surface area contributed by atoms with Crippen LogP contribution in [0.15, 0.2) is 42.0 Å². The molecule has 8 heteroatoms. The van der Waals surface area contributed by atoms with Crippen LogP contribution >= 0.6 is 0 Å². The molecule has 1 amide bonds. The predicted molar refractivity (Wildman–Crippen MR) is 135 cm³/mol. The average molecular weight is 496 g/mol. The molecule has 0 unspecified atom stereocenters. The Morgan fingerprint density at radius 1 is 1.08 bits per heavy atom. The lowest BCUT2D eigenvalue weighted by molar-refractivity contribution is -0.140. The van der Waals surface area contributed by atoms with Gasteiger partial charge in [-0.25, -0.2) is 0 Å². The molecule has 8 nitrogen and oxygen atoms in total. The zero-order valence-corrected chi connectivity index (χ0v) is 21.2. The number of aliphatic hydroxyl groups is 1. The fourth-order valence-corrected chi connectivity index (χ4v) is 4.80. The van der Waals surface area contributed by atoms with Crippen LogP contribution in [0.4, 0.5) is 0 Å². The van der Waals surface area contributed by atoms with Crippen molar-refractivity contribution < 1.29 is 33.6 Å². The Kier molecular flexibility index (Phi) is 7.84. The van der Waals surface area contributed by atoms with Gasteiger partial charge >= 0.3 is 0 Å². The molecule has 2 aliphatic heterocycles. The second-order valence-corrected chi connectivity index (χ2v) is 8.87. The number of benzene rings is 2. The number of hydrogen-bond acceptors (Lipinski definition) is 7. The lowest BCUT2D eigenvalue weighted by Crippen LogP contribution is -2.31. The normalized spacial score (nSPS) is 20.4. The topological polar surface area (TPSA) is 94.5 Å². The molecule has 1 saturated heterocycles. The third kappa shape index (κ3) is 4.91. The molecule has 2 heterocycles. The summed E-state index contributed by atoms with van der Waals surface area (Å²) in [6.45, 7) is 7.36. The van der Waals surface area contributed by atoms with Gasteiger partial charge in [0.2, 0.25) is 0 Å². The van der Waals surface area contributed by atoms with Crippen LogP contribution in [0, 0.1) is 0 Å². The first kappa shape index (κ1) is 25.6. The molecule has 0 bridgehead atoms. The van der Waals surface area contributed by atoms with E-state index < -0.39 is 17.7 Å². The maximum atomic E-state index is 13.3. The summed E-state index contributed by atoms with van der Waals surface area (Å²) in [4.78, 5) is 27.9. The molecule has 1 N–H and O–H groups in total. The van der Waals surface area contributed by atoms with Gasteiger partial charge in [-0.3, -0.25) is 9.59 Å². The summed E-state index contributed by atoms with van der Waals surface area (Å²) in [5.41, 5.74) is 2.13. The van der Waals surface area contributed by atoms with E-state index in [4.69, 9.17) is 18.9 Å². The van der Waals surface area contributed by atoms with Gasteiger partial charge in [0, 0.05) is 32.2 Å². The van der Waals surface area contributed by atoms with Crippen LogP contribution < -0.4 is 14.2 Å². The van der Waals surface area contributed by atoms with Crippen molar-refractivity contribution in [1.29, 1.82) is 0 Å². The van der Waals surface area contributed by atoms with Gasteiger partial charge in [-0.1, -0.05) is 6.07 Å². The molecule has 4 rings (SSSR count). The Morgan fingerprint density at radius 3 is 2.56 bits per heavy atom. The number of ether oxygens (including phenoxy) is 4. The van der Waals surface area contributed by atoms with Crippen LogP contribution in [0.1, 0.15) is 49.9 Å². The molecule has 2 aliphatic rings. The minimum Gasteiger partial charge on any atom is -0.507 e. The zero-order chi connectivity index (χ0) is 25.8. The van der Waals surface area contributed by atoms with E-state index in [0.717, 1.165) is 11.3 Å².